The molecule has 2 heterocycles. The predicted octanol–water partition coefficient (Wildman–Crippen LogP) is 6.35. The molecule has 0 bridgehead atoms. The summed E-state index contributed by atoms with van der Waals surface area (Å²) in [7, 11) is 0. The molecular formula is C17H20ClIN3OP. The first-order chi connectivity index (χ1) is 11.6. The molecule has 4 nitrogen and oxygen atoms in total. The van der Waals surface area contributed by atoms with Gasteiger partial charge in [-0.2, -0.15) is 5.10 Å². The van der Waals surface area contributed by atoms with Crippen LogP contribution in [-0.2, 0) is 0 Å². The summed E-state index contributed by atoms with van der Waals surface area (Å²) in [5, 5.41) is 6.27. The molecule has 0 fully saturated rings. The van der Waals surface area contributed by atoms with Gasteiger partial charge < -0.3 is 4.74 Å². The van der Waals surface area contributed by atoms with E-state index in [0.717, 1.165) is 27.9 Å². The fourth-order valence-corrected chi connectivity index (χ4v) is 4.22. The Morgan fingerprint density at radius 2 is 2.04 bits per heavy atom. The molecule has 7 heteroatoms. The number of rotatable bonds is 4. The van der Waals surface area contributed by atoms with Gasteiger partial charge in [-0.05, 0) is 60.2 Å². The van der Waals surface area contributed by atoms with Crippen LogP contribution in [0.15, 0.2) is 36.7 Å². The SMILES string of the molecule is CC.Cc1nn(PI)c2ccc(OC(C)c3ccncc3Cl)cc12. The summed E-state index contributed by atoms with van der Waals surface area (Å²) in [6.07, 6.45) is 3.80. The van der Waals surface area contributed by atoms with E-state index in [0.29, 0.717) is 11.4 Å². The van der Waals surface area contributed by atoms with Crippen LogP contribution in [-0.4, -0.2) is 14.5 Å². The van der Waals surface area contributed by atoms with Crippen LogP contribution in [0.3, 0.4) is 0 Å². The third kappa shape index (κ3) is 4.19. The molecule has 0 radical (unpaired) electrons. The van der Waals surface area contributed by atoms with Gasteiger partial charge in [0.2, 0.25) is 0 Å². The zero-order chi connectivity index (χ0) is 17.7. The van der Waals surface area contributed by atoms with Crippen molar-refractivity contribution in [2.45, 2.75) is 33.8 Å². The third-order valence-corrected chi connectivity index (χ3v) is 5.66. The van der Waals surface area contributed by atoms with Crippen LogP contribution in [0.2, 0.25) is 5.02 Å². The van der Waals surface area contributed by atoms with Gasteiger partial charge in [0, 0.05) is 23.3 Å². The number of aromatic nitrogens is 3. The molecule has 2 aromatic heterocycles. The normalized spacial score (nSPS) is 12.2. The van der Waals surface area contributed by atoms with Crippen LogP contribution >= 0.6 is 40.0 Å². The average molecular weight is 476 g/mol. The monoisotopic (exact) mass is 475 g/mol. The van der Waals surface area contributed by atoms with Crippen LogP contribution < -0.4 is 4.74 Å². The number of nitrogens with zero attached hydrogens (tertiary/aromatic N) is 3. The second-order valence-electron chi connectivity index (χ2n) is 4.92. The Labute approximate surface area is 162 Å². The molecule has 0 aliphatic carbocycles. The molecular weight excluding hydrogens is 456 g/mol. The zero-order valence-corrected chi connectivity index (χ0v) is 18.0. The van der Waals surface area contributed by atoms with Crippen LogP contribution in [0.5, 0.6) is 5.75 Å². The molecule has 0 spiro atoms. The Balaban J connectivity index is 0.00000100. The van der Waals surface area contributed by atoms with Crippen molar-refractivity contribution < 1.29 is 4.74 Å². The Morgan fingerprint density at radius 1 is 1.29 bits per heavy atom. The molecule has 1 aromatic carbocycles. The van der Waals surface area contributed by atoms with E-state index in [4.69, 9.17) is 16.3 Å². The van der Waals surface area contributed by atoms with Crippen LogP contribution in [0.4, 0.5) is 0 Å². The summed E-state index contributed by atoms with van der Waals surface area (Å²) in [4.78, 5) is 4.00. The van der Waals surface area contributed by atoms with Crippen molar-refractivity contribution in [1.29, 1.82) is 0 Å². The van der Waals surface area contributed by atoms with Crippen molar-refractivity contribution in [1.82, 2.24) is 14.5 Å². The average Bonchev–Trinajstić information content (AvgIpc) is 2.93. The lowest BCUT2D eigenvalue weighted by Crippen LogP contribution is -2.04. The fraction of sp³-hybridized carbons (Fsp3) is 0.294. The van der Waals surface area contributed by atoms with Crippen LogP contribution in [0.25, 0.3) is 10.9 Å². The Hall–Kier alpha value is -0.910. The van der Waals surface area contributed by atoms with Crippen molar-refractivity contribution in [2.24, 2.45) is 0 Å². The molecule has 128 valence electrons. The highest BCUT2D eigenvalue weighted by Gasteiger charge is 2.13. The maximum atomic E-state index is 6.17. The van der Waals surface area contributed by atoms with E-state index in [9.17, 15) is 0 Å². The Bertz CT molecular complexity index is 825. The maximum absolute atomic E-state index is 6.17. The van der Waals surface area contributed by atoms with Crippen LogP contribution in [0.1, 0.15) is 38.1 Å². The summed E-state index contributed by atoms with van der Waals surface area (Å²) in [6.45, 7) is 8.00. The van der Waals surface area contributed by atoms with Crippen LogP contribution in [0, 0.1) is 6.92 Å². The largest absolute Gasteiger partial charge is 0.486 e. The lowest BCUT2D eigenvalue weighted by molar-refractivity contribution is 0.227. The quantitative estimate of drug-likeness (QED) is 0.326. The van der Waals surface area contributed by atoms with Crippen molar-refractivity contribution >= 4 is 50.9 Å². The van der Waals surface area contributed by atoms with Gasteiger partial charge in [0.05, 0.1) is 22.6 Å². The van der Waals surface area contributed by atoms with Gasteiger partial charge in [-0.25, -0.2) is 4.45 Å². The highest BCUT2D eigenvalue weighted by molar-refractivity contribution is 14.2. The molecule has 2 atom stereocenters. The molecule has 24 heavy (non-hydrogen) atoms. The molecule has 3 aromatic rings. The lowest BCUT2D eigenvalue weighted by Gasteiger charge is -2.16. The molecule has 0 amide bonds. The molecule has 2 unspecified atom stereocenters. The molecule has 0 saturated heterocycles. The second kappa shape index (κ2) is 8.97. The van der Waals surface area contributed by atoms with E-state index < -0.39 is 0 Å². The van der Waals surface area contributed by atoms with E-state index in [-0.39, 0.29) is 6.10 Å². The van der Waals surface area contributed by atoms with Gasteiger partial charge >= 0.3 is 0 Å². The van der Waals surface area contributed by atoms with Crippen molar-refractivity contribution in [3.8, 4) is 5.75 Å². The standard InChI is InChI=1S/C15H14ClIN3OP.C2H6/c1-9-13-7-11(3-4-15(13)20(19-9)22-17)21-10(2)12-5-6-18-8-14(12)16;1-2/h3-8,10,22H,1-2H3;1-2H3. The van der Waals surface area contributed by atoms with Crippen molar-refractivity contribution in [3.05, 3.63) is 52.9 Å². The molecule has 0 saturated carbocycles. The van der Waals surface area contributed by atoms with Gasteiger partial charge in [0.15, 0.2) is 0 Å². The van der Waals surface area contributed by atoms with E-state index in [1.54, 1.807) is 12.4 Å². The highest BCUT2D eigenvalue weighted by atomic mass is 127. The van der Waals surface area contributed by atoms with Crippen molar-refractivity contribution in [3.63, 3.8) is 0 Å². The number of pyridine rings is 1. The number of benzene rings is 1. The van der Waals surface area contributed by atoms with Gasteiger partial charge in [-0.1, -0.05) is 25.4 Å². The smallest absolute Gasteiger partial charge is 0.122 e. The first kappa shape index (κ1) is 19.4. The first-order valence-corrected chi connectivity index (χ1v) is 12.2. The Kier molecular flexibility index (Phi) is 7.26. The number of ether oxygens (including phenoxy) is 1. The lowest BCUT2D eigenvalue weighted by atomic mass is 10.1. The van der Waals surface area contributed by atoms with E-state index >= 15 is 0 Å². The predicted molar refractivity (Wildman–Crippen MR) is 112 cm³/mol. The summed E-state index contributed by atoms with van der Waals surface area (Å²) >= 11 is 8.50. The summed E-state index contributed by atoms with van der Waals surface area (Å²) < 4.78 is 8.05. The number of halogens is 2. The minimum Gasteiger partial charge on any atom is -0.486 e. The van der Waals surface area contributed by atoms with Gasteiger partial charge in [-0.15, -0.1) is 0 Å². The van der Waals surface area contributed by atoms with Gasteiger partial charge in [0.1, 0.15) is 11.9 Å². The number of aryl methyl sites for hydroxylation is 1. The zero-order valence-electron chi connectivity index (χ0n) is 14.0. The fourth-order valence-electron chi connectivity index (χ4n) is 2.37. The van der Waals surface area contributed by atoms with E-state index in [1.807, 2.05) is 50.3 Å². The molecule has 3 rings (SSSR count). The minimum absolute atomic E-state index is 0.144. The maximum Gasteiger partial charge on any atom is 0.122 e. The summed E-state index contributed by atoms with van der Waals surface area (Å²) in [5.74, 6) is 0.812. The first-order valence-electron chi connectivity index (χ1n) is 7.72. The number of fused-ring (bicyclic) bond motifs is 1. The summed E-state index contributed by atoms with van der Waals surface area (Å²) in [5.41, 5.74) is 3.07. The Morgan fingerprint density at radius 3 is 2.71 bits per heavy atom. The summed E-state index contributed by atoms with van der Waals surface area (Å²) in [6, 6.07) is 7.95. The molecule has 0 aliphatic rings. The topological polar surface area (TPSA) is 39.9 Å². The second-order valence-corrected chi connectivity index (χ2v) is 7.37. The van der Waals surface area contributed by atoms with Gasteiger partial charge in [-0.3, -0.25) is 4.98 Å². The van der Waals surface area contributed by atoms with Crippen molar-refractivity contribution in [2.75, 3.05) is 0 Å². The highest BCUT2D eigenvalue weighted by Crippen LogP contribution is 2.33. The van der Waals surface area contributed by atoms with E-state index in [2.05, 4.69) is 38.2 Å². The van der Waals surface area contributed by atoms with E-state index in [1.165, 1.54) is 0 Å². The third-order valence-electron chi connectivity index (χ3n) is 3.47. The molecule has 0 aliphatic heterocycles. The molecule has 0 N–H and O–H groups in total. The number of hydrogen-bond acceptors (Lipinski definition) is 3. The number of hydrogen-bond donors (Lipinski definition) is 0. The minimum atomic E-state index is -0.144. The van der Waals surface area contributed by atoms with Gasteiger partial charge in [0.25, 0.3) is 0 Å².